The lowest BCUT2D eigenvalue weighted by atomic mass is 9.98. The highest BCUT2D eigenvalue weighted by Gasteiger charge is 2.30. The number of aromatic nitrogens is 1. The van der Waals surface area contributed by atoms with Crippen molar-refractivity contribution in [3.63, 3.8) is 0 Å². The number of amides is 1. The third-order valence-electron chi connectivity index (χ3n) is 5.58. The van der Waals surface area contributed by atoms with Crippen molar-refractivity contribution in [1.29, 1.82) is 0 Å². The Kier molecular flexibility index (Phi) is 5.41. The van der Waals surface area contributed by atoms with E-state index in [1.54, 1.807) is 13.0 Å². The molecule has 32 heavy (non-hydrogen) atoms. The van der Waals surface area contributed by atoms with Crippen molar-refractivity contribution in [3.05, 3.63) is 81.5 Å². The molecule has 0 saturated carbocycles. The summed E-state index contributed by atoms with van der Waals surface area (Å²) in [6, 6.07) is 7.47. The van der Waals surface area contributed by atoms with Crippen molar-refractivity contribution >= 4 is 6.09 Å². The minimum atomic E-state index is -1.07. The van der Waals surface area contributed by atoms with Crippen LogP contribution < -0.4 is 10.3 Å². The highest BCUT2D eigenvalue weighted by molar-refractivity contribution is 5.70. The smallest absolute Gasteiger partial charge is 0.407 e. The number of hydrogen-bond acceptors (Lipinski definition) is 3. The third kappa shape index (κ3) is 3.70. The summed E-state index contributed by atoms with van der Waals surface area (Å²) in [5, 5.41) is 9.41. The molecule has 1 N–H and O–H groups in total. The highest BCUT2D eigenvalue weighted by Crippen LogP contribution is 2.34. The summed E-state index contributed by atoms with van der Waals surface area (Å²) in [5.74, 6) is -2.39. The molecule has 3 aromatic rings. The second-order valence-corrected chi connectivity index (χ2v) is 7.60. The van der Waals surface area contributed by atoms with E-state index in [1.807, 2.05) is 0 Å². The van der Waals surface area contributed by atoms with Crippen molar-refractivity contribution in [3.8, 4) is 22.6 Å². The molecule has 0 saturated heterocycles. The molecular weight excluding hydrogens is 425 g/mol. The van der Waals surface area contributed by atoms with Gasteiger partial charge in [-0.05, 0) is 42.3 Å². The van der Waals surface area contributed by atoms with Gasteiger partial charge in [-0.15, -0.1) is 0 Å². The Bertz CT molecular complexity index is 1270. The number of hydrogen-bond donors (Lipinski definition) is 1. The fourth-order valence-electron chi connectivity index (χ4n) is 4.05. The number of fused-ring (bicyclic) bond motifs is 1. The van der Waals surface area contributed by atoms with Crippen LogP contribution in [0.4, 0.5) is 18.0 Å². The minimum absolute atomic E-state index is 0.0157. The average Bonchev–Trinajstić information content (AvgIpc) is 2.72. The maximum atomic E-state index is 15.1. The Morgan fingerprint density at radius 1 is 1.09 bits per heavy atom. The quantitative estimate of drug-likeness (QED) is 0.652. The zero-order valence-corrected chi connectivity index (χ0v) is 17.2. The monoisotopic (exact) mass is 444 g/mol. The number of carboxylic acid groups (broad SMARTS) is 1. The van der Waals surface area contributed by atoms with Crippen LogP contribution in [0.15, 0.2) is 47.3 Å². The average molecular weight is 444 g/mol. The summed E-state index contributed by atoms with van der Waals surface area (Å²) in [5.41, 5.74) is 0.726. The molecule has 0 aliphatic carbocycles. The van der Waals surface area contributed by atoms with Gasteiger partial charge in [0.05, 0.1) is 19.3 Å². The predicted octanol–water partition coefficient (Wildman–Crippen LogP) is 4.36. The number of rotatable bonds is 3. The molecule has 1 atom stereocenters. The van der Waals surface area contributed by atoms with Crippen LogP contribution >= 0.6 is 0 Å². The minimum Gasteiger partial charge on any atom is -0.495 e. The van der Waals surface area contributed by atoms with Crippen molar-refractivity contribution < 1.29 is 27.8 Å². The van der Waals surface area contributed by atoms with Gasteiger partial charge in [0.25, 0.3) is 5.56 Å². The van der Waals surface area contributed by atoms with Gasteiger partial charge in [0.15, 0.2) is 0 Å². The maximum Gasteiger partial charge on any atom is 0.407 e. The first kappa shape index (κ1) is 21.5. The Morgan fingerprint density at radius 3 is 2.41 bits per heavy atom. The molecular formula is C23H19F3N2O4. The van der Waals surface area contributed by atoms with E-state index >= 15 is 4.39 Å². The summed E-state index contributed by atoms with van der Waals surface area (Å²) in [6.45, 7) is 1.80. The van der Waals surface area contributed by atoms with E-state index in [9.17, 15) is 23.5 Å². The van der Waals surface area contributed by atoms with Gasteiger partial charge in [0.1, 0.15) is 23.2 Å². The number of methoxy groups -OCH3 is 1. The molecule has 9 heteroatoms. The van der Waals surface area contributed by atoms with E-state index in [0.29, 0.717) is 17.3 Å². The topological polar surface area (TPSA) is 71.8 Å². The number of carbonyl (C=O) groups is 1. The normalized spacial score (nSPS) is 15.4. The molecule has 0 bridgehead atoms. The van der Waals surface area contributed by atoms with E-state index in [1.165, 1.54) is 28.7 Å². The molecule has 2 heterocycles. The second-order valence-electron chi connectivity index (χ2n) is 7.60. The van der Waals surface area contributed by atoms with Gasteiger partial charge in [-0.1, -0.05) is 0 Å². The molecule has 1 aliphatic heterocycles. The number of pyridine rings is 1. The van der Waals surface area contributed by atoms with Crippen molar-refractivity contribution in [2.24, 2.45) is 0 Å². The van der Waals surface area contributed by atoms with Crippen molar-refractivity contribution in [2.75, 3.05) is 7.11 Å². The van der Waals surface area contributed by atoms with Crippen LogP contribution in [0.5, 0.6) is 5.75 Å². The van der Waals surface area contributed by atoms with Crippen LogP contribution in [0.1, 0.15) is 18.2 Å². The molecule has 1 unspecified atom stereocenters. The van der Waals surface area contributed by atoms with Crippen LogP contribution in [0.3, 0.4) is 0 Å². The van der Waals surface area contributed by atoms with E-state index in [-0.39, 0.29) is 35.5 Å². The Balaban J connectivity index is 1.90. The van der Waals surface area contributed by atoms with E-state index in [4.69, 9.17) is 4.74 Å². The molecule has 166 valence electrons. The fraction of sp³-hybridized carbons (Fsp3) is 0.217. The molecule has 1 aromatic heterocycles. The third-order valence-corrected chi connectivity index (χ3v) is 5.58. The van der Waals surface area contributed by atoms with Gasteiger partial charge >= 0.3 is 6.09 Å². The number of nitrogens with zero attached hydrogens (tertiary/aromatic N) is 2. The first-order valence-corrected chi connectivity index (χ1v) is 9.77. The number of benzene rings is 2. The molecule has 6 nitrogen and oxygen atoms in total. The van der Waals surface area contributed by atoms with Gasteiger partial charge in [0.2, 0.25) is 0 Å². The Labute approximate surface area is 181 Å². The zero-order chi connectivity index (χ0) is 23.2. The predicted molar refractivity (Wildman–Crippen MR) is 111 cm³/mol. The summed E-state index contributed by atoms with van der Waals surface area (Å²) >= 11 is 0. The van der Waals surface area contributed by atoms with Gasteiger partial charge in [-0.2, -0.15) is 0 Å². The van der Waals surface area contributed by atoms with Gasteiger partial charge in [-0.3, -0.25) is 9.36 Å². The molecule has 4 rings (SSSR count). The number of halogens is 3. The van der Waals surface area contributed by atoms with Crippen LogP contribution in [0.2, 0.25) is 0 Å². The van der Waals surface area contributed by atoms with Crippen LogP contribution in [-0.2, 0) is 13.0 Å². The first-order chi connectivity index (χ1) is 15.2. The van der Waals surface area contributed by atoms with Crippen LogP contribution in [-0.4, -0.2) is 33.8 Å². The van der Waals surface area contributed by atoms with Gasteiger partial charge in [-0.25, -0.2) is 18.0 Å². The lowest BCUT2D eigenvalue weighted by Crippen LogP contribution is -2.43. The second kappa shape index (κ2) is 8.07. The SMILES string of the molecule is COc1cc(-c2cc(F)cc(F)c2)c(F)cc1-n1c2c(ccc1=O)CN(C(=O)O)C(C)C2. The van der Waals surface area contributed by atoms with Gasteiger partial charge < -0.3 is 14.7 Å². The molecule has 0 fully saturated rings. The number of ether oxygens (including phenoxy) is 1. The van der Waals surface area contributed by atoms with Crippen molar-refractivity contribution in [2.45, 2.75) is 25.9 Å². The first-order valence-electron chi connectivity index (χ1n) is 9.77. The molecule has 1 aliphatic rings. The summed E-state index contributed by atoms with van der Waals surface area (Å²) < 4.78 is 49.1. The molecule has 0 radical (unpaired) electrons. The lowest BCUT2D eigenvalue weighted by Gasteiger charge is -2.34. The largest absolute Gasteiger partial charge is 0.495 e. The van der Waals surface area contributed by atoms with E-state index < -0.39 is 35.1 Å². The summed E-state index contributed by atoms with van der Waals surface area (Å²) in [7, 11) is 1.34. The highest BCUT2D eigenvalue weighted by atomic mass is 19.1. The van der Waals surface area contributed by atoms with Gasteiger partial charge in [0, 0.05) is 41.9 Å². The van der Waals surface area contributed by atoms with Crippen LogP contribution in [0.25, 0.3) is 16.8 Å². The zero-order valence-electron chi connectivity index (χ0n) is 17.2. The molecule has 2 aromatic carbocycles. The Morgan fingerprint density at radius 2 is 1.78 bits per heavy atom. The maximum absolute atomic E-state index is 15.1. The lowest BCUT2D eigenvalue weighted by molar-refractivity contribution is 0.118. The fourth-order valence-corrected chi connectivity index (χ4v) is 4.05. The summed E-state index contributed by atoms with van der Waals surface area (Å²) in [4.78, 5) is 25.5. The summed E-state index contributed by atoms with van der Waals surface area (Å²) in [6.07, 6.45) is -0.837. The molecule has 0 spiro atoms. The Hall–Kier alpha value is -3.75. The van der Waals surface area contributed by atoms with E-state index in [2.05, 4.69) is 0 Å². The van der Waals surface area contributed by atoms with E-state index in [0.717, 1.165) is 18.2 Å². The standard InChI is InChI=1S/C23H19F3N2O4/c1-12-5-19-13(11-27(12)23(30)31)3-4-22(29)28(19)20-10-18(26)17(9-21(20)32-2)14-6-15(24)8-16(25)7-14/h3-4,6-10,12H,5,11H2,1-2H3,(H,30,31). The van der Waals surface area contributed by atoms with Crippen molar-refractivity contribution in [1.82, 2.24) is 9.47 Å². The van der Waals surface area contributed by atoms with Crippen LogP contribution in [0, 0.1) is 17.5 Å². The molecule has 1 amide bonds.